The number of benzene rings is 1. The van der Waals surface area contributed by atoms with Gasteiger partial charge in [0, 0.05) is 24.3 Å². The summed E-state index contributed by atoms with van der Waals surface area (Å²) >= 11 is 6.41. The van der Waals surface area contributed by atoms with Crippen molar-refractivity contribution in [3.63, 3.8) is 0 Å². The summed E-state index contributed by atoms with van der Waals surface area (Å²) in [4.78, 5) is 6.75. The molecule has 1 saturated heterocycles. The van der Waals surface area contributed by atoms with Gasteiger partial charge >= 0.3 is 0 Å². The van der Waals surface area contributed by atoms with Crippen LogP contribution < -0.4 is 4.90 Å². The molecule has 1 aromatic carbocycles. The lowest BCUT2D eigenvalue weighted by atomic mass is 10.1. The fourth-order valence-corrected chi connectivity index (χ4v) is 3.17. The third-order valence-corrected chi connectivity index (χ3v) is 4.71. The fraction of sp³-hybridized carbons (Fsp3) is 0.529. The quantitative estimate of drug-likeness (QED) is 0.911. The van der Waals surface area contributed by atoms with Gasteiger partial charge in [-0.3, -0.25) is 0 Å². The van der Waals surface area contributed by atoms with Crippen molar-refractivity contribution < 1.29 is 5.11 Å². The highest BCUT2D eigenvalue weighted by Crippen LogP contribution is 2.31. The summed E-state index contributed by atoms with van der Waals surface area (Å²) in [5.74, 6) is 0.710. The Morgan fingerprint density at radius 1 is 1.26 bits per heavy atom. The molecule has 2 heterocycles. The number of hydrogen-bond acceptors (Lipinski definition) is 4. The maximum Gasteiger partial charge on any atom is 0.159 e. The van der Waals surface area contributed by atoms with Crippen molar-refractivity contribution in [2.45, 2.75) is 45.3 Å². The van der Waals surface area contributed by atoms with Gasteiger partial charge in [-0.1, -0.05) is 18.5 Å². The Morgan fingerprint density at radius 3 is 2.78 bits per heavy atom. The molecule has 1 atom stereocenters. The Hall–Kier alpha value is -1.59. The van der Waals surface area contributed by atoms with E-state index in [1.807, 2.05) is 13.0 Å². The van der Waals surface area contributed by atoms with E-state index in [-0.39, 0.29) is 0 Å². The maximum atomic E-state index is 9.90. The number of halogens is 1. The van der Waals surface area contributed by atoms with Crippen LogP contribution in [0.2, 0.25) is 5.02 Å². The van der Waals surface area contributed by atoms with Crippen molar-refractivity contribution in [2.24, 2.45) is 0 Å². The average Bonchev–Trinajstić information content (AvgIpc) is 3.04. The smallest absolute Gasteiger partial charge is 0.159 e. The third-order valence-electron chi connectivity index (χ3n) is 4.38. The largest absolute Gasteiger partial charge is 0.391 e. The molecule has 1 N–H and O–H groups in total. The fourth-order valence-electron chi connectivity index (χ4n) is 2.97. The highest BCUT2D eigenvalue weighted by atomic mass is 35.5. The first kappa shape index (κ1) is 16.3. The maximum absolute atomic E-state index is 9.90. The molecule has 0 radical (unpaired) electrons. The minimum absolute atomic E-state index is 0.427. The van der Waals surface area contributed by atoms with E-state index < -0.39 is 6.10 Å². The molecule has 5 nitrogen and oxygen atoms in total. The monoisotopic (exact) mass is 334 g/mol. The van der Waals surface area contributed by atoms with Gasteiger partial charge in [0.2, 0.25) is 0 Å². The first-order chi connectivity index (χ1) is 11.2. The van der Waals surface area contributed by atoms with Crippen molar-refractivity contribution in [1.29, 1.82) is 0 Å². The Balaban J connectivity index is 1.91. The number of aromatic nitrogens is 3. The lowest BCUT2D eigenvalue weighted by Crippen LogP contribution is -2.29. The van der Waals surface area contributed by atoms with Crippen molar-refractivity contribution in [1.82, 2.24) is 14.8 Å². The standard InChI is InChI=1S/C17H23ClN4O/c1-2-14(23)11-22-17(19-12-20-22)15-10-13(6-7-16(15)18)21-8-4-3-5-9-21/h6-7,10,12,14,23H,2-5,8-9,11H2,1H3/t14-/m1/s1. The summed E-state index contributed by atoms with van der Waals surface area (Å²) in [6.45, 7) is 4.55. The lowest BCUT2D eigenvalue weighted by Gasteiger charge is -2.29. The molecule has 1 aromatic heterocycles. The number of aliphatic hydroxyl groups is 1. The van der Waals surface area contributed by atoms with Crippen LogP contribution in [0.3, 0.4) is 0 Å². The molecule has 1 fully saturated rings. The van der Waals surface area contributed by atoms with Gasteiger partial charge in [0.25, 0.3) is 0 Å². The van der Waals surface area contributed by atoms with E-state index in [9.17, 15) is 5.11 Å². The van der Waals surface area contributed by atoms with Crippen molar-refractivity contribution >= 4 is 17.3 Å². The molecule has 2 aromatic rings. The molecule has 0 bridgehead atoms. The van der Waals surface area contributed by atoms with E-state index in [2.05, 4.69) is 27.1 Å². The second kappa shape index (κ2) is 7.32. The van der Waals surface area contributed by atoms with Gasteiger partial charge in [0.15, 0.2) is 5.82 Å². The van der Waals surface area contributed by atoms with E-state index in [1.165, 1.54) is 31.3 Å². The first-order valence-corrected chi connectivity index (χ1v) is 8.67. The van der Waals surface area contributed by atoms with Gasteiger partial charge in [-0.25, -0.2) is 9.67 Å². The number of hydrogen-bond donors (Lipinski definition) is 1. The van der Waals surface area contributed by atoms with Crippen LogP contribution in [0.1, 0.15) is 32.6 Å². The molecule has 0 aliphatic carbocycles. The second-order valence-electron chi connectivity index (χ2n) is 6.04. The molecule has 0 unspecified atom stereocenters. The molecule has 0 saturated carbocycles. The highest BCUT2D eigenvalue weighted by Gasteiger charge is 2.17. The van der Waals surface area contributed by atoms with Crippen LogP contribution in [0.4, 0.5) is 5.69 Å². The summed E-state index contributed by atoms with van der Waals surface area (Å²) in [5.41, 5.74) is 2.05. The van der Waals surface area contributed by atoms with Gasteiger partial charge in [-0.2, -0.15) is 5.10 Å². The summed E-state index contributed by atoms with van der Waals surface area (Å²) < 4.78 is 1.73. The molecular weight excluding hydrogens is 312 g/mol. The predicted octanol–water partition coefficient (Wildman–Crippen LogP) is 3.36. The molecule has 1 aliphatic rings. The Kier molecular flexibility index (Phi) is 5.18. The van der Waals surface area contributed by atoms with Crippen LogP contribution in [-0.4, -0.2) is 39.1 Å². The molecule has 0 amide bonds. The van der Waals surface area contributed by atoms with Crippen LogP contribution >= 0.6 is 11.6 Å². The van der Waals surface area contributed by atoms with E-state index in [0.717, 1.165) is 18.7 Å². The summed E-state index contributed by atoms with van der Waals surface area (Å²) in [6, 6.07) is 6.08. The third kappa shape index (κ3) is 3.67. The minimum Gasteiger partial charge on any atom is -0.391 e. The van der Waals surface area contributed by atoms with Gasteiger partial charge in [-0.15, -0.1) is 0 Å². The normalized spacial score (nSPS) is 16.6. The Morgan fingerprint density at radius 2 is 2.04 bits per heavy atom. The number of aliphatic hydroxyl groups excluding tert-OH is 1. The first-order valence-electron chi connectivity index (χ1n) is 8.29. The summed E-state index contributed by atoms with van der Waals surface area (Å²) in [6.07, 6.45) is 5.54. The van der Waals surface area contributed by atoms with E-state index >= 15 is 0 Å². The minimum atomic E-state index is -0.431. The average molecular weight is 335 g/mol. The van der Waals surface area contributed by atoms with Crippen molar-refractivity contribution in [2.75, 3.05) is 18.0 Å². The predicted molar refractivity (Wildman–Crippen MR) is 92.8 cm³/mol. The van der Waals surface area contributed by atoms with Crippen LogP contribution in [0.5, 0.6) is 0 Å². The molecule has 1 aliphatic heterocycles. The SMILES string of the molecule is CC[C@@H](O)Cn1ncnc1-c1cc(N2CCCCC2)ccc1Cl. The van der Waals surface area contributed by atoms with Gasteiger partial charge in [-0.05, 0) is 43.9 Å². The molecule has 23 heavy (non-hydrogen) atoms. The van der Waals surface area contributed by atoms with Crippen LogP contribution in [0, 0.1) is 0 Å². The zero-order chi connectivity index (χ0) is 16.2. The van der Waals surface area contributed by atoms with Gasteiger partial charge < -0.3 is 10.0 Å². The van der Waals surface area contributed by atoms with Crippen LogP contribution in [-0.2, 0) is 6.54 Å². The molecule has 6 heteroatoms. The molecule has 3 rings (SSSR count). The number of nitrogens with zero attached hydrogens (tertiary/aromatic N) is 4. The van der Waals surface area contributed by atoms with E-state index in [1.54, 1.807) is 4.68 Å². The van der Waals surface area contributed by atoms with Gasteiger partial charge in [0.05, 0.1) is 17.7 Å². The van der Waals surface area contributed by atoms with Crippen molar-refractivity contribution in [3.8, 4) is 11.4 Å². The zero-order valence-electron chi connectivity index (χ0n) is 13.5. The Bertz CT molecular complexity index is 652. The lowest BCUT2D eigenvalue weighted by molar-refractivity contribution is 0.146. The second-order valence-corrected chi connectivity index (χ2v) is 6.45. The molecule has 124 valence electrons. The van der Waals surface area contributed by atoms with Crippen LogP contribution in [0.15, 0.2) is 24.5 Å². The summed E-state index contributed by atoms with van der Waals surface area (Å²) in [7, 11) is 0. The van der Waals surface area contributed by atoms with Crippen molar-refractivity contribution in [3.05, 3.63) is 29.5 Å². The Labute approximate surface area is 141 Å². The number of rotatable bonds is 5. The highest BCUT2D eigenvalue weighted by molar-refractivity contribution is 6.33. The van der Waals surface area contributed by atoms with E-state index in [0.29, 0.717) is 23.8 Å². The number of piperidine rings is 1. The molecule has 0 spiro atoms. The van der Waals surface area contributed by atoms with E-state index in [4.69, 9.17) is 11.6 Å². The molecular formula is C17H23ClN4O. The number of anilines is 1. The van der Waals surface area contributed by atoms with Crippen LogP contribution in [0.25, 0.3) is 11.4 Å². The summed E-state index contributed by atoms with van der Waals surface area (Å²) in [5, 5.41) is 14.8. The zero-order valence-corrected chi connectivity index (χ0v) is 14.2. The topological polar surface area (TPSA) is 54.2 Å². The van der Waals surface area contributed by atoms with Gasteiger partial charge in [0.1, 0.15) is 6.33 Å².